The third-order valence-electron chi connectivity index (χ3n) is 5.74. The van der Waals surface area contributed by atoms with Gasteiger partial charge in [-0.15, -0.1) is 0 Å². The van der Waals surface area contributed by atoms with Gasteiger partial charge < -0.3 is 9.52 Å². The molecule has 2 heterocycles. The van der Waals surface area contributed by atoms with E-state index >= 15 is 0 Å². The normalized spacial score (nSPS) is 15.9. The van der Waals surface area contributed by atoms with E-state index in [0.717, 1.165) is 55.7 Å². The number of aromatic hydroxyl groups is 1. The summed E-state index contributed by atoms with van der Waals surface area (Å²) in [5.74, 6) is 0.183. The molecule has 2 aromatic carbocycles. The van der Waals surface area contributed by atoms with Crippen molar-refractivity contribution in [3.8, 4) is 5.75 Å². The second-order valence-electron chi connectivity index (χ2n) is 7.81. The van der Waals surface area contributed by atoms with E-state index in [1.807, 2.05) is 19.1 Å². The van der Waals surface area contributed by atoms with Crippen LogP contribution in [0.2, 0.25) is 0 Å². The molecule has 5 heteroatoms. The Kier molecular flexibility index (Phi) is 6.31. The molecule has 0 atom stereocenters. The fourth-order valence-corrected chi connectivity index (χ4v) is 3.99. The summed E-state index contributed by atoms with van der Waals surface area (Å²) < 4.78 is 5.32. The zero-order valence-electron chi connectivity index (χ0n) is 17.4. The molecule has 3 aromatic rings. The third kappa shape index (κ3) is 4.81. The minimum atomic E-state index is -0.370. The van der Waals surface area contributed by atoms with Gasteiger partial charge in [0.2, 0.25) is 0 Å². The zero-order chi connectivity index (χ0) is 20.9. The summed E-state index contributed by atoms with van der Waals surface area (Å²) in [4.78, 5) is 16.8. The SMILES string of the molecule is CCc1cc2c(CN3CCN(C/C=C/c4ccccc4)CC3)cc(=O)oc2cc1O. The van der Waals surface area contributed by atoms with E-state index in [9.17, 15) is 9.90 Å². The Hall–Kier alpha value is -2.89. The van der Waals surface area contributed by atoms with Gasteiger partial charge >= 0.3 is 5.63 Å². The highest BCUT2D eigenvalue weighted by Crippen LogP contribution is 2.27. The first-order chi connectivity index (χ1) is 14.6. The smallest absolute Gasteiger partial charge is 0.336 e. The highest BCUT2D eigenvalue weighted by atomic mass is 16.4. The number of nitrogens with zero attached hydrogens (tertiary/aromatic N) is 2. The van der Waals surface area contributed by atoms with E-state index in [1.165, 1.54) is 5.56 Å². The van der Waals surface area contributed by atoms with E-state index in [2.05, 4.69) is 46.2 Å². The quantitative estimate of drug-likeness (QED) is 0.632. The third-order valence-corrected chi connectivity index (χ3v) is 5.74. The molecule has 4 rings (SSSR count). The maximum absolute atomic E-state index is 12.0. The highest BCUT2D eigenvalue weighted by molar-refractivity contribution is 5.82. The molecule has 1 N–H and O–H groups in total. The number of phenolic OH excluding ortho intramolecular Hbond substituents is 1. The van der Waals surface area contributed by atoms with Crippen LogP contribution in [0.15, 0.2) is 63.8 Å². The molecular formula is C25H28N2O3. The Morgan fingerprint density at radius 1 is 1.00 bits per heavy atom. The molecule has 0 saturated carbocycles. The zero-order valence-corrected chi connectivity index (χ0v) is 17.4. The molecule has 0 bridgehead atoms. The molecule has 1 saturated heterocycles. The number of rotatable bonds is 6. The summed E-state index contributed by atoms with van der Waals surface area (Å²) >= 11 is 0. The predicted molar refractivity (Wildman–Crippen MR) is 121 cm³/mol. The molecule has 0 aliphatic carbocycles. The molecule has 0 unspecified atom stereocenters. The van der Waals surface area contributed by atoms with Gasteiger partial charge in [0.05, 0.1) is 0 Å². The minimum absolute atomic E-state index is 0.183. The Balaban J connectivity index is 1.40. The molecule has 1 fully saturated rings. The predicted octanol–water partition coefficient (Wildman–Crippen LogP) is 3.89. The first-order valence-corrected chi connectivity index (χ1v) is 10.6. The number of aryl methyl sites for hydroxylation is 1. The minimum Gasteiger partial charge on any atom is -0.508 e. The molecule has 5 nitrogen and oxygen atoms in total. The van der Waals surface area contributed by atoms with Crippen molar-refractivity contribution in [2.24, 2.45) is 0 Å². The van der Waals surface area contributed by atoms with Crippen LogP contribution in [0, 0.1) is 0 Å². The van der Waals surface area contributed by atoms with Crippen LogP contribution in [0.3, 0.4) is 0 Å². The average Bonchev–Trinajstić information content (AvgIpc) is 2.75. The van der Waals surface area contributed by atoms with Crippen molar-refractivity contribution in [1.29, 1.82) is 0 Å². The van der Waals surface area contributed by atoms with E-state index in [4.69, 9.17) is 4.42 Å². The van der Waals surface area contributed by atoms with Crippen LogP contribution in [0.4, 0.5) is 0 Å². The fourth-order valence-electron chi connectivity index (χ4n) is 3.99. The van der Waals surface area contributed by atoms with Crippen LogP contribution in [-0.4, -0.2) is 47.6 Å². The summed E-state index contributed by atoms with van der Waals surface area (Å²) in [5.41, 5.74) is 3.15. The number of piperazine rings is 1. The van der Waals surface area contributed by atoms with Crippen molar-refractivity contribution >= 4 is 17.0 Å². The summed E-state index contributed by atoms with van der Waals surface area (Å²) in [6.07, 6.45) is 5.12. The number of hydrogen-bond donors (Lipinski definition) is 1. The van der Waals surface area contributed by atoms with Crippen LogP contribution < -0.4 is 5.63 Å². The van der Waals surface area contributed by atoms with Gasteiger partial charge in [0.15, 0.2) is 0 Å². The number of fused-ring (bicyclic) bond motifs is 1. The topological polar surface area (TPSA) is 56.9 Å². The van der Waals surface area contributed by atoms with Gasteiger partial charge in [-0.05, 0) is 29.2 Å². The average molecular weight is 405 g/mol. The van der Waals surface area contributed by atoms with E-state index < -0.39 is 0 Å². The molecule has 0 amide bonds. The fraction of sp³-hybridized carbons (Fsp3) is 0.320. The highest BCUT2D eigenvalue weighted by Gasteiger charge is 2.18. The largest absolute Gasteiger partial charge is 0.508 e. The monoisotopic (exact) mass is 404 g/mol. The number of phenols is 1. The van der Waals surface area contributed by atoms with Crippen molar-refractivity contribution in [2.45, 2.75) is 19.9 Å². The summed E-state index contributed by atoms with van der Waals surface area (Å²) in [7, 11) is 0. The number of hydrogen-bond acceptors (Lipinski definition) is 5. The van der Waals surface area contributed by atoms with Crippen molar-refractivity contribution in [2.75, 3.05) is 32.7 Å². The summed E-state index contributed by atoms with van der Waals surface area (Å²) in [5, 5.41) is 11.0. The lowest BCUT2D eigenvalue weighted by Crippen LogP contribution is -2.45. The lowest BCUT2D eigenvalue weighted by Gasteiger charge is -2.34. The molecule has 1 aliphatic rings. The first kappa shape index (κ1) is 20.4. The van der Waals surface area contributed by atoms with Crippen molar-refractivity contribution < 1.29 is 9.52 Å². The van der Waals surface area contributed by atoms with Gasteiger partial charge in [0.1, 0.15) is 11.3 Å². The maximum atomic E-state index is 12.0. The number of benzene rings is 2. The van der Waals surface area contributed by atoms with E-state index in [-0.39, 0.29) is 11.4 Å². The Bertz CT molecular complexity index is 1080. The van der Waals surface area contributed by atoms with E-state index in [1.54, 1.807) is 12.1 Å². The molecule has 0 radical (unpaired) electrons. The Morgan fingerprint density at radius 2 is 1.73 bits per heavy atom. The van der Waals surface area contributed by atoms with Crippen molar-refractivity contribution in [3.63, 3.8) is 0 Å². The molecule has 156 valence electrons. The second-order valence-corrected chi connectivity index (χ2v) is 7.81. The van der Waals surface area contributed by atoms with Crippen LogP contribution >= 0.6 is 0 Å². The molecule has 1 aliphatic heterocycles. The lowest BCUT2D eigenvalue weighted by atomic mass is 10.0. The van der Waals surface area contributed by atoms with Crippen LogP contribution in [0.25, 0.3) is 17.0 Å². The van der Waals surface area contributed by atoms with Crippen molar-refractivity contribution in [3.05, 3.63) is 81.7 Å². The van der Waals surface area contributed by atoms with Crippen LogP contribution in [0.1, 0.15) is 23.6 Å². The van der Waals surface area contributed by atoms with Crippen molar-refractivity contribution in [1.82, 2.24) is 9.80 Å². The summed E-state index contributed by atoms with van der Waals surface area (Å²) in [6, 6.07) is 15.5. The van der Waals surface area contributed by atoms with Gasteiger partial charge in [-0.25, -0.2) is 4.79 Å². The first-order valence-electron chi connectivity index (χ1n) is 10.6. The Labute approximate surface area is 176 Å². The van der Waals surface area contributed by atoms with Gasteiger partial charge in [0.25, 0.3) is 0 Å². The maximum Gasteiger partial charge on any atom is 0.336 e. The molecular weight excluding hydrogens is 376 g/mol. The van der Waals surface area contributed by atoms with E-state index in [0.29, 0.717) is 12.1 Å². The molecule has 1 aromatic heterocycles. The Morgan fingerprint density at radius 3 is 2.47 bits per heavy atom. The van der Waals surface area contributed by atoms with Gasteiger partial charge in [-0.1, -0.05) is 49.4 Å². The second kappa shape index (κ2) is 9.28. The standard InChI is InChI=1S/C25H28N2O3/c1-2-20-15-22-21(16-25(29)30-24(22)17-23(20)28)18-27-13-11-26(12-14-27)10-6-9-19-7-4-3-5-8-19/h3-9,15-17,28H,2,10-14,18H2,1H3/b9-6+. The molecule has 30 heavy (non-hydrogen) atoms. The van der Waals surface area contributed by atoms with Crippen LogP contribution in [-0.2, 0) is 13.0 Å². The van der Waals surface area contributed by atoms with Gasteiger partial charge in [0, 0.05) is 56.8 Å². The molecule has 0 spiro atoms. The van der Waals surface area contributed by atoms with Gasteiger partial charge in [-0.3, -0.25) is 9.80 Å². The van der Waals surface area contributed by atoms with Crippen LogP contribution in [0.5, 0.6) is 5.75 Å². The summed E-state index contributed by atoms with van der Waals surface area (Å²) in [6.45, 7) is 7.58. The van der Waals surface area contributed by atoms with Gasteiger partial charge in [-0.2, -0.15) is 0 Å². The lowest BCUT2D eigenvalue weighted by molar-refractivity contribution is 0.137.